The molecule has 0 unspecified atom stereocenters. The molecule has 48 heavy (non-hydrogen) atoms. The Kier molecular flexibility index (Phi) is 10.6. The third kappa shape index (κ3) is 6.95. The van der Waals surface area contributed by atoms with E-state index in [2.05, 4.69) is 59.7 Å². The van der Waals surface area contributed by atoms with Crippen LogP contribution in [0.4, 0.5) is 0 Å². The fourth-order valence-electron chi connectivity index (χ4n) is 6.38. The van der Waals surface area contributed by atoms with Crippen LogP contribution in [0.25, 0.3) is 56.5 Å². The number of rotatable bonds is 12. The second kappa shape index (κ2) is 14.8. The topological polar surface area (TPSA) is 168 Å². The summed E-state index contributed by atoms with van der Waals surface area (Å²) >= 11 is 0. The highest BCUT2D eigenvalue weighted by Crippen LogP contribution is 2.38. The fourth-order valence-corrected chi connectivity index (χ4v) is 6.38. The van der Waals surface area contributed by atoms with Crippen LogP contribution >= 0.6 is 0 Å². The Hall–Kier alpha value is -5.06. The van der Waals surface area contributed by atoms with Gasteiger partial charge in [-0.25, -0.2) is 9.97 Å². The van der Waals surface area contributed by atoms with Crippen LogP contribution in [0.15, 0.2) is 37.4 Å². The van der Waals surface area contributed by atoms with E-state index >= 15 is 0 Å². The molecule has 2 aliphatic heterocycles. The molecule has 8 N–H and O–H groups in total. The van der Waals surface area contributed by atoms with Crippen LogP contribution in [-0.4, -0.2) is 57.9 Å². The number of carbonyl (C=O) groups excluding carboxylic acids is 2. The summed E-state index contributed by atoms with van der Waals surface area (Å²) < 4.78 is 0. The van der Waals surface area contributed by atoms with Crippen LogP contribution in [0.5, 0.6) is 0 Å². The van der Waals surface area contributed by atoms with Gasteiger partial charge in [-0.1, -0.05) is 25.3 Å². The molecule has 0 atom stereocenters. The number of H-pyrrole nitrogens is 2. The molecular weight excluding hydrogens is 600 g/mol. The first-order valence-corrected chi connectivity index (χ1v) is 16.4. The van der Waals surface area contributed by atoms with Gasteiger partial charge in [-0.05, 0) is 98.2 Å². The van der Waals surface area contributed by atoms with Gasteiger partial charge in [0, 0.05) is 72.2 Å². The SMILES string of the molecule is C=Cc1c(C)c2cc3[nH]c(cc4nc(cc5nc(cc1[nH]2)C(C)=C5CCC(=O)NCCN)C(CCC(=O)NCCN)=C4C)c(C)c3C=C. The van der Waals surface area contributed by atoms with Crippen molar-refractivity contribution in [3.63, 3.8) is 0 Å². The number of amides is 2. The molecule has 10 nitrogen and oxygen atoms in total. The minimum Gasteiger partial charge on any atom is -0.355 e. The molecule has 3 aromatic rings. The summed E-state index contributed by atoms with van der Waals surface area (Å²) in [6.07, 6.45) is 5.32. The van der Waals surface area contributed by atoms with Crippen LogP contribution < -0.4 is 22.1 Å². The number of hydrogen-bond donors (Lipinski definition) is 6. The van der Waals surface area contributed by atoms with E-state index in [1.807, 2.05) is 38.1 Å². The molecule has 0 fully saturated rings. The zero-order valence-electron chi connectivity index (χ0n) is 28.4. The number of nitrogens with one attached hydrogen (secondary N) is 4. The molecule has 0 spiro atoms. The Balaban J connectivity index is 1.79. The van der Waals surface area contributed by atoms with E-state index in [1.165, 1.54) is 0 Å². The summed E-state index contributed by atoms with van der Waals surface area (Å²) in [6, 6.07) is 8.20. The smallest absolute Gasteiger partial charge is 0.220 e. The zero-order chi connectivity index (χ0) is 34.5. The molecule has 0 aliphatic carbocycles. The average molecular weight is 647 g/mol. The maximum absolute atomic E-state index is 12.6. The summed E-state index contributed by atoms with van der Waals surface area (Å²) in [7, 11) is 0. The summed E-state index contributed by atoms with van der Waals surface area (Å²) in [6.45, 7) is 18.1. The van der Waals surface area contributed by atoms with Crippen molar-refractivity contribution < 1.29 is 9.59 Å². The van der Waals surface area contributed by atoms with Gasteiger partial charge in [0.05, 0.1) is 22.8 Å². The van der Waals surface area contributed by atoms with Gasteiger partial charge in [0.15, 0.2) is 0 Å². The molecule has 5 rings (SSSR count). The number of nitrogens with two attached hydrogens (primary N) is 2. The highest BCUT2D eigenvalue weighted by atomic mass is 16.2. The predicted molar refractivity (Wildman–Crippen MR) is 198 cm³/mol. The minimum absolute atomic E-state index is 0.0614. The maximum atomic E-state index is 12.6. The Labute approximate surface area is 281 Å². The van der Waals surface area contributed by atoms with Crippen LogP contribution in [0.2, 0.25) is 0 Å². The Bertz CT molecular complexity index is 2030. The number of carbonyl (C=O) groups is 2. The van der Waals surface area contributed by atoms with Gasteiger partial charge in [0.2, 0.25) is 11.8 Å². The standard InChI is InChI=1S/C38H46N8O2/c1-7-25-21(3)29-17-30-23(5)27(9-11-37(47)41-15-13-39)35(45-30)20-36-28(10-12-38(48)42-16-14-40)24(6)32(46-36)19-34-26(8-2)22(4)31(44-34)18-33(25)43-29/h7-8,17-20,43-44H,1-2,9-16,39-40H2,3-6H3,(H,41,47)(H,42,48). The number of nitrogens with zero attached hydrogens (tertiary/aromatic N) is 2. The fraction of sp³-hybridized carbons (Fsp3) is 0.316. The van der Waals surface area contributed by atoms with Gasteiger partial charge < -0.3 is 32.1 Å². The van der Waals surface area contributed by atoms with Crippen molar-refractivity contribution >= 4 is 68.3 Å². The quantitative estimate of drug-likeness (QED) is 0.146. The molecule has 0 aromatic carbocycles. The van der Waals surface area contributed by atoms with E-state index in [1.54, 1.807) is 0 Å². The normalized spacial score (nSPS) is 12.8. The summed E-state index contributed by atoms with van der Waals surface area (Å²) in [5.74, 6) is -0.124. The second-order valence-electron chi connectivity index (χ2n) is 12.2. The van der Waals surface area contributed by atoms with Gasteiger partial charge in [-0.15, -0.1) is 0 Å². The van der Waals surface area contributed by atoms with Crippen LogP contribution in [0, 0.1) is 13.8 Å². The van der Waals surface area contributed by atoms with Gasteiger partial charge >= 0.3 is 0 Å². The van der Waals surface area contributed by atoms with E-state index in [-0.39, 0.29) is 11.8 Å². The van der Waals surface area contributed by atoms with Crippen molar-refractivity contribution in [1.82, 2.24) is 30.6 Å². The molecule has 5 heterocycles. The highest BCUT2D eigenvalue weighted by Gasteiger charge is 2.23. The minimum atomic E-state index is -0.0622. The number of aromatic nitrogens is 4. The van der Waals surface area contributed by atoms with E-state index in [0.29, 0.717) is 51.9 Å². The number of fused-ring (bicyclic) bond motifs is 8. The monoisotopic (exact) mass is 646 g/mol. The highest BCUT2D eigenvalue weighted by molar-refractivity contribution is 5.97. The third-order valence-electron chi connectivity index (χ3n) is 9.18. The van der Waals surface area contributed by atoms with Crippen molar-refractivity contribution in [2.45, 2.75) is 53.4 Å². The molecule has 10 heteroatoms. The van der Waals surface area contributed by atoms with Gasteiger partial charge in [0.1, 0.15) is 0 Å². The molecular formula is C38H46N8O2. The lowest BCUT2D eigenvalue weighted by Gasteiger charge is -2.08. The molecule has 8 bridgehead atoms. The van der Waals surface area contributed by atoms with Crippen LogP contribution in [0.3, 0.4) is 0 Å². The van der Waals surface area contributed by atoms with Gasteiger partial charge in [-0.2, -0.15) is 0 Å². The Morgan fingerprint density at radius 1 is 0.667 bits per heavy atom. The molecule has 0 saturated heterocycles. The van der Waals surface area contributed by atoms with Crippen molar-refractivity contribution in [2.75, 3.05) is 26.2 Å². The van der Waals surface area contributed by atoms with E-state index in [0.717, 1.165) is 89.4 Å². The predicted octanol–water partition coefficient (Wildman–Crippen LogP) is 5.79. The van der Waals surface area contributed by atoms with Crippen molar-refractivity contribution in [1.29, 1.82) is 0 Å². The Morgan fingerprint density at radius 3 is 1.52 bits per heavy atom. The zero-order valence-corrected chi connectivity index (χ0v) is 28.4. The molecule has 3 aromatic heterocycles. The van der Waals surface area contributed by atoms with Crippen LogP contribution in [0.1, 0.15) is 84.6 Å². The van der Waals surface area contributed by atoms with Crippen LogP contribution in [-0.2, 0) is 9.59 Å². The summed E-state index contributed by atoms with van der Waals surface area (Å²) in [5, 5.41) is 5.74. The molecule has 2 amide bonds. The van der Waals surface area contributed by atoms with E-state index in [9.17, 15) is 9.59 Å². The first-order valence-electron chi connectivity index (χ1n) is 16.4. The maximum Gasteiger partial charge on any atom is 0.220 e. The van der Waals surface area contributed by atoms with Crippen molar-refractivity contribution in [3.05, 3.63) is 82.5 Å². The lowest BCUT2D eigenvalue weighted by Crippen LogP contribution is -2.28. The van der Waals surface area contributed by atoms with Crippen molar-refractivity contribution in [2.24, 2.45) is 11.5 Å². The van der Waals surface area contributed by atoms with Gasteiger partial charge in [-0.3, -0.25) is 9.59 Å². The first-order chi connectivity index (χ1) is 23.1. The average Bonchev–Trinajstić information content (AvgIpc) is 3.73. The third-order valence-corrected chi connectivity index (χ3v) is 9.18. The van der Waals surface area contributed by atoms with E-state index in [4.69, 9.17) is 21.4 Å². The molecule has 0 saturated carbocycles. The number of aryl methyl sites for hydroxylation is 2. The van der Waals surface area contributed by atoms with Crippen molar-refractivity contribution in [3.8, 4) is 0 Å². The molecule has 0 radical (unpaired) electrons. The largest absolute Gasteiger partial charge is 0.355 e. The first kappa shape index (κ1) is 34.3. The lowest BCUT2D eigenvalue weighted by atomic mass is 9.98. The number of hydrogen-bond acceptors (Lipinski definition) is 6. The lowest BCUT2D eigenvalue weighted by molar-refractivity contribution is -0.121. The van der Waals surface area contributed by atoms with Gasteiger partial charge in [0.25, 0.3) is 0 Å². The number of aromatic amines is 2. The molecule has 2 aliphatic rings. The molecule has 250 valence electrons. The van der Waals surface area contributed by atoms with E-state index < -0.39 is 0 Å². The second-order valence-corrected chi connectivity index (χ2v) is 12.2. The summed E-state index contributed by atoms with van der Waals surface area (Å²) in [4.78, 5) is 42.7. The number of allylic oxidation sites excluding steroid dienone is 4. The summed E-state index contributed by atoms with van der Waals surface area (Å²) in [5.41, 5.74) is 26.1. The Morgan fingerprint density at radius 2 is 1.08 bits per heavy atom.